The Hall–Kier alpha value is -1.33. The highest BCUT2D eigenvalue weighted by molar-refractivity contribution is 6.29. The van der Waals surface area contributed by atoms with Gasteiger partial charge < -0.3 is 11.2 Å². The Morgan fingerprint density at radius 3 is 2.75 bits per heavy atom. The van der Waals surface area contributed by atoms with E-state index in [-0.39, 0.29) is 10.7 Å². The first-order chi connectivity index (χ1) is 5.63. The number of rotatable bonds is 2. The van der Waals surface area contributed by atoms with Crippen LogP contribution in [-0.4, -0.2) is 10.9 Å². The molecule has 0 fully saturated rings. The van der Waals surface area contributed by atoms with E-state index in [4.69, 9.17) is 23.2 Å². The van der Waals surface area contributed by atoms with E-state index in [1.165, 1.54) is 12.1 Å². The Morgan fingerprint density at radius 2 is 2.25 bits per heavy atom. The number of carbonyl (C=O) groups excluding carboxylic acids is 1. The fraction of sp³-hybridized carbons (Fsp3) is 0. The molecule has 5 N–H and O–H groups in total. The summed E-state index contributed by atoms with van der Waals surface area (Å²) in [7, 11) is 0. The van der Waals surface area contributed by atoms with Crippen LogP contribution in [0, 0.1) is 0 Å². The second-order valence-electron chi connectivity index (χ2n) is 2.07. The minimum Gasteiger partial charge on any atom is -0.366 e. The van der Waals surface area contributed by atoms with Crippen LogP contribution in [0.15, 0.2) is 12.1 Å². The van der Waals surface area contributed by atoms with Gasteiger partial charge >= 0.3 is 0 Å². The third-order valence-electron chi connectivity index (χ3n) is 1.23. The quantitative estimate of drug-likeness (QED) is 0.347. The van der Waals surface area contributed by atoms with Gasteiger partial charge in [0.1, 0.15) is 11.0 Å². The summed E-state index contributed by atoms with van der Waals surface area (Å²) in [6.45, 7) is 0. The number of nitrogens with two attached hydrogens (primary N) is 2. The van der Waals surface area contributed by atoms with Gasteiger partial charge in [-0.05, 0) is 12.1 Å². The van der Waals surface area contributed by atoms with Crippen LogP contribution < -0.4 is 17.0 Å². The molecular weight excluding hydrogens is 180 g/mol. The molecule has 0 aliphatic rings. The van der Waals surface area contributed by atoms with Gasteiger partial charge in [0.05, 0.1) is 0 Å². The molecule has 0 aliphatic carbocycles. The van der Waals surface area contributed by atoms with Crippen molar-refractivity contribution in [3.8, 4) is 0 Å². The zero-order valence-electron chi connectivity index (χ0n) is 6.04. The monoisotopic (exact) mass is 186 g/mol. The summed E-state index contributed by atoms with van der Waals surface area (Å²) in [4.78, 5) is 14.4. The van der Waals surface area contributed by atoms with Crippen molar-refractivity contribution in [2.45, 2.75) is 0 Å². The molecule has 0 saturated carbocycles. The van der Waals surface area contributed by atoms with Crippen molar-refractivity contribution in [3.05, 3.63) is 22.8 Å². The average molecular weight is 187 g/mol. The zero-order chi connectivity index (χ0) is 9.14. The third-order valence-corrected chi connectivity index (χ3v) is 1.42. The van der Waals surface area contributed by atoms with Crippen molar-refractivity contribution < 1.29 is 4.79 Å². The Kier molecular flexibility index (Phi) is 2.47. The number of amides is 1. The Labute approximate surface area is 73.7 Å². The normalized spacial score (nSPS) is 9.50. The molecule has 0 atom stereocenters. The molecule has 1 heterocycles. The minimum absolute atomic E-state index is 0.166. The maximum Gasteiger partial charge on any atom is 0.248 e. The summed E-state index contributed by atoms with van der Waals surface area (Å²) in [6.07, 6.45) is 0. The molecule has 1 aromatic heterocycles. The number of nitrogen functional groups attached to an aromatic ring is 1. The molecule has 1 amide bonds. The molecule has 0 aliphatic heterocycles. The van der Waals surface area contributed by atoms with Gasteiger partial charge in [0.2, 0.25) is 5.91 Å². The van der Waals surface area contributed by atoms with Crippen molar-refractivity contribution in [1.29, 1.82) is 0 Å². The summed E-state index contributed by atoms with van der Waals surface area (Å²) in [5, 5.41) is 0.166. The lowest BCUT2D eigenvalue weighted by atomic mass is 10.2. The van der Waals surface area contributed by atoms with Gasteiger partial charge in [-0.25, -0.2) is 10.8 Å². The van der Waals surface area contributed by atoms with Gasteiger partial charge in [0.15, 0.2) is 0 Å². The highest BCUT2D eigenvalue weighted by Crippen LogP contribution is 2.12. The average Bonchev–Trinajstić information content (AvgIpc) is 2.03. The highest BCUT2D eigenvalue weighted by Gasteiger charge is 2.04. The molecular formula is C6H7ClN4O. The van der Waals surface area contributed by atoms with Crippen molar-refractivity contribution in [2.24, 2.45) is 11.6 Å². The number of anilines is 1. The number of aromatic nitrogens is 1. The van der Waals surface area contributed by atoms with E-state index < -0.39 is 5.91 Å². The first kappa shape index (κ1) is 8.76. The molecule has 5 nitrogen and oxygen atoms in total. The van der Waals surface area contributed by atoms with E-state index in [1.807, 2.05) is 0 Å². The first-order valence-corrected chi connectivity index (χ1v) is 3.45. The van der Waals surface area contributed by atoms with Crippen LogP contribution in [0.5, 0.6) is 0 Å². The number of nitrogens with one attached hydrogen (secondary N) is 1. The lowest BCUT2D eigenvalue weighted by Crippen LogP contribution is -2.14. The number of halogens is 1. The number of hydrogen-bond acceptors (Lipinski definition) is 4. The second kappa shape index (κ2) is 3.38. The molecule has 0 aromatic carbocycles. The van der Waals surface area contributed by atoms with Gasteiger partial charge in [0, 0.05) is 5.56 Å². The first-order valence-electron chi connectivity index (χ1n) is 3.07. The molecule has 0 saturated heterocycles. The predicted molar refractivity (Wildman–Crippen MR) is 45.6 cm³/mol. The summed E-state index contributed by atoms with van der Waals surface area (Å²) in [5.41, 5.74) is 7.54. The van der Waals surface area contributed by atoms with Gasteiger partial charge in [-0.3, -0.25) is 4.79 Å². The number of hydrogen-bond donors (Lipinski definition) is 3. The molecule has 64 valence electrons. The lowest BCUT2D eigenvalue weighted by Gasteiger charge is -2.01. The maximum atomic E-state index is 10.7. The van der Waals surface area contributed by atoms with E-state index in [0.29, 0.717) is 5.82 Å². The van der Waals surface area contributed by atoms with Gasteiger partial charge in [-0.15, -0.1) is 0 Å². The fourth-order valence-corrected chi connectivity index (χ4v) is 0.922. The Bertz CT molecular complexity index is 314. The standard InChI is InChI=1S/C6H7ClN4O/c7-4-1-3(6(8)12)2-5(10-4)11-9/h1-2H,9H2,(H2,8,12)(H,10,11). The van der Waals surface area contributed by atoms with Crippen molar-refractivity contribution >= 4 is 23.3 Å². The van der Waals surface area contributed by atoms with Crippen molar-refractivity contribution in [1.82, 2.24) is 4.98 Å². The van der Waals surface area contributed by atoms with Crippen LogP contribution in [-0.2, 0) is 0 Å². The summed E-state index contributed by atoms with van der Waals surface area (Å²) in [5.74, 6) is 4.79. The van der Waals surface area contributed by atoms with Crippen LogP contribution in [0.1, 0.15) is 10.4 Å². The van der Waals surface area contributed by atoms with Gasteiger partial charge in [-0.1, -0.05) is 11.6 Å². The Morgan fingerprint density at radius 1 is 1.58 bits per heavy atom. The molecule has 1 aromatic rings. The smallest absolute Gasteiger partial charge is 0.248 e. The highest BCUT2D eigenvalue weighted by atomic mass is 35.5. The topological polar surface area (TPSA) is 94.0 Å². The third kappa shape index (κ3) is 1.84. The fourth-order valence-electron chi connectivity index (χ4n) is 0.713. The van der Waals surface area contributed by atoms with E-state index in [0.717, 1.165) is 0 Å². The molecule has 1 rings (SSSR count). The van der Waals surface area contributed by atoms with Gasteiger partial charge in [0.25, 0.3) is 0 Å². The number of pyridine rings is 1. The number of primary amides is 1. The molecule has 0 radical (unpaired) electrons. The second-order valence-corrected chi connectivity index (χ2v) is 2.46. The van der Waals surface area contributed by atoms with Crippen molar-refractivity contribution in [3.63, 3.8) is 0 Å². The van der Waals surface area contributed by atoms with Crippen molar-refractivity contribution in [2.75, 3.05) is 5.43 Å². The van der Waals surface area contributed by atoms with Crippen LogP contribution >= 0.6 is 11.6 Å². The van der Waals surface area contributed by atoms with Crippen LogP contribution in [0.4, 0.5) is 5.82 Å². The molecule has 0 spiro atoms. The van der Waals surface area contributed by atoms with E-state index in [1.54, 1.807) is 0 Å². The molecule has 0 bridgehead atoms. The number of hydrazine groups is 1. The summed E-state index contributed by atoms with van der Waals surface area (Å²) >= 11 is 5.56. The SMILES string of the molecule is NNc1cc(C(N)=O)cc(Cl)n1. The predicted octanol–water partition coefficient (Wildman–Crippen LogP) is 0.120. The Balaban J connectivity index is 3.15. The lowest BCUT2D eigenvalue weighted by molar-refractivity contribution is 0.1000. The van der Waals surface area contributed by atoms with E-state index in [2.05, 4.69) is 10.4 Å². The van der Waals surface area contributed by atoms with E-state index in [9.17, 15) is 4.79 Å². The maximum absolute atomic E-state index is 10.7. The van der Waals surface area contributed by atoms with Crippen LogP contribution in [0.2, 0.25) is 5.15 Å². The largest absolute Gasteiger partial charge is 0.366 e. The number of carbonyl (C=O) groups is 1. The summed E-state index contributed by atoms with van der Waals surface area (Å²) < 4.78 is 0. The molecule has 12 heavy (non-hydrogen) atoms. The minimum atomic E-state index is -0.573. The van der Waals surface area contributed by atoms with E-state index >= 15 is 0 Å². The van der Waals surface area contributed by atoms with Crippen LogP contribution in [0.25, 0.3) is 0 Å². The number of nitrogens with zero attached hydrogens (tertiary/aromatic N) is 1. The zero-order valence-corrected chi connectivity index (χ0v) is 6.80. The summed E-state index contributed by atoms with van der Waals surface area (Å²) in [6, 6.07) is 2.78. The molecule has 0 unspecified atom stereocenters. The molecule has 6 heteroatoms. The van der Waals surface area contributed by atoms with Gasteiger partial charge in [-0.2, -0.15) is 0 Å². The van der Waals surface area contributed by atoms with Crippen LogP contribution in [0.3, 0.4) is 0 Å².